The van der Waals surface area contributed by atoms with Gasteiger partial charge in [0.2, 0.25) is 10.0 Å². The van der Waals surface area contributed by atoms with Crippen LogP contribution in [-0.4, -0.2) is 50.9 Å². The van der Waals surface area contributed by atoms with Crippen LogP contribution in [0.1, 0.15) is 36.0 Å². The number of benzene rings is 1. The highest BCUT2D eigenvalue weighted by molar-refractivity contribution is 7.89. The summed E-state index contributed by atoms with van der Waals surface area (Å²) in [6, 6.07) is 6.39. The van der Waals surface area contributed by atoms with Gasteiger partial charge >= 0.3 is 0 Å². The van der Waals surface area contributed by atoms with E-state index in [1.165, 1.54) is 16.4 Å². The summed E-state index contributed by atoms with van der Waals surface area (Å²) in [5.41, 5.74) is 0.496. The van der Waals surface area contributed by atoms with Crippen LogP contribution >= 0.6 is 12.4 Å². The molecule has 2 fully saturated rings. The second-order valence-electron chi connectivity index (χ2n) is 6.15. The first-order valence-electron chi connectivity index (χ1n) is 8.19. The van der Waals surface area contributed by atoms with Crippen molar-refractivity contribution in [1.29, 1.82) is 0 Å². The van der Waals surface area contributed by atoms with E-state index in [0.717, 1.165) is 38.8 Å². The van der Waals surface area contributed by atoms with Crippen molar-refractivity contribution in [3.63, 3.8) is 0 Å². The van der Waals surface area contributed by atoms with Gasteiger partial charge in [-0.1, -0.05) is 0 Å². The van der Waals surface area contributed by atoms with Crippen molar-refractivity contribution in [1.82, 2.24) is 14.9 Å². The van der Waals surface area contributed by atoms with E-state index >= 15 is 0 Å². The van der Waals surface area contributed by atoms with Crippen molar-refractivity contribution in [2.75, 3.05) is 26.2 Å². The summed E-state index contributed by atoms with van der Waals surface area (Å²) in [5.74, 6) is -0.149. The van der Waals surface area contributed by atoms with Gasteiger partial charge in [0, 0.05) is 31.2 Å². The monoisotopic (exact) mass is 373 g/mol. The number of nitrogens with one attached hydrogen (secondary N) is 2. The standard InChI is InChI=1S/C16H23N3O3S.ClH/c20-16(18-14-4-3-9-17-12-14)13-5-7-15(8-6-13)23(21,22)19-10-1-2-11-19;/h5-8,14,17H,1-4,9-12H2,(H,18,20);1H/t14-;/m0./s1. The normalized spacial score (nSPS) is 21.9. The van der Waals surface area contributed by atoms with Crippen LogP contribution in [0.15, 0.2) is 29.2 Å². The third-order valence-electron chi connectivity index (χ3n) is 4.45. The minimum absolute atomic E-state index is 0. The Hall–Kier alpha value is -1.15. The van der Waals surface area contributed by atoms with E-state index in [4.69, 9.17) is 0 Å². The van der Waals surface area contributed by atoms with Crippen LogP contribution in [0.5, 0.6) is 0 Å². The molecule has 1 amide bonds. The van der Waals surface area contributed by atoms with Crippen LogP contribution in [-0.2, 0) is 10.0 Å². The molecule has 134 valence electrons. The Kier molecular flexibility index (Phi) is 6.62. The zero-order valence-electron chi connectivity index (χ0n) is 13.5. The second kappa shape index (κ2) is 8.29. The van der Waals surface area contributed by atoms with Gasteiger partial charge in [-0.05, 0) is 56.5 Å². The number of nitrogens with zero attached hydrogens (tertiary/aromatic N) is 1. The van der Waals surface area contributed by atoms with Gasteiger partial charge in [0.25, 0.3) is 5.91 Å². The summed E-state index contributed by atoms with van der Waals surface area (Å²) in [6.45, 7) is 2.95. The van der Waals surface area contributed by atoms with Gasteiger partial charge in [0.1, 0.15) is 0 Å². The maximum atomic E-state index is 12.4. The molecule has 2 aliphatic rings. The fraction of sp³-hybridized carbons (Fsp3) is 0.562. The summed E-state index contributed by atoms with van der Waals surface area (Å²) >= 11 is 0. The van der Waals surface area contributed by atoms with E-state index in [1.807, 2.05) is 0 Å². The van der Waals surface area contributed by atoms with Crippen LogP contribution in [0.2, 0.25) is 0 Å². The van der Waals surface area contributed by atoms with Gasteiger partial charge in [-0.15, -0.1) is 12.4 Å². The Balaban J connectivity index is 0.00000208. The molecular formula is C16H24ClN3O3S. The molecule has 2 aliphatic heterocycles. The molecule has 24 heavy (non-hydrogen) atoms. The van der Waals surface area contributed by atoms with Crippen LogP contribution in [0.4, 0.5) is 0 Å². The van der Waals surface area contributed by atoms with E-state index in [2.05, 4.69) is 10.6 Å². The molecule has 1 aromatic rings. The van der Waals surface area contributed by atoms with Gasteiger partial charge in [-0.3, -0.25) is 4.79 Å². The zero-order chi connectivity index (χ0) is 16.3. The first-order chi connectivity index (χ1) is 11.1. The number of halogens is 1. The molecule has 0 aliphatic carbocycles. The molecule has 3 rings (SSSR count). The molecule has 0 radical (unpaired) electrons. The molecule has 0 unspecified atom stereocenters. The molecule has 2 N–H and O–H groups in total. The predicted molar refractivity (Wildman–Crippen MR) is 95.0 cm³/mol. The largest absolute Gasteiger partial charge is 0.348 e. The SMILES string of the molecule is Cl.O=C(N[C@H]1CCCNC1)c1ccc(S(=O)(=O)N2CCCC2)cc1. The Labute approximate surface area is 149 Å². The average molecular weight is 374 g/mol. The number of carbonyl (C=O) groups excluding carboxylic acids is 1. The summed E-state index contributed by atoms with van der Waals surface area (Å²) in [4.78, 5) is 12.5. The molecule has 0 spiro atoms. The maximum Gasteiger partial charge on any atom is 0.251 e. The lowest BCUT2D eigenvalue weighted by Crippen LogP contribution is -2.45. The summed E-state index contributed by atoms with van der Waals surface area (Å²) in [5, 5.41) is 6.24. The van der Waals surface area contributed by atoms with Crippen molar-refractivity contribution >= 4 is 28.3 Å². The molecule has 2 heterocycles. The van der Waals surface area contributed by atoms with E-state index < -0.39 is 10.0 Å². The Morgan fingerprint density at radius 2 is 1.79 bits per heavy atom. The Morgan fingerprint density at radius 1 is 1.12 bits per heavy atom. The molecule has 0 saturated carbocycles. The van der Waals surface area contributed by atoms with Crippen LogP contribution in [0.25, 0.3) is 0 Å². The minimum Gasteiger partial charge on any atom is -0.348 e. The lowest BCUT2D eigenvalue weighted by Gasteiger charge is -2.23. The van der Waals surface area contributed by atoms with Crippen LogP contribution in [0.3, 0.4) is 0 Å². The van der Waals surface area contributed by atoms with Crippen molar-refractivity contribution in [2.45, 2.75) is 36.6 Å². The zero-order valence-corrected chi connectivity index (χ0v) is 15.2. The summed E-state index contributed by atoms with van der Waals surface area (Å²) in [6.07, 6.45) is 3.85. The van der Waals surface area contributed by atoms with Gasteiger partial charge in [0.05, 0.1) is 4.90 Å². The van der Waals surface area contributed by atoms with Crippen molar-refractivity contribution < 1.29 is 13.2 Å². The van der Waals surface area contributed by atoms with Crippen molar-refractivity contribution in [2.24, 2.45) is 0 Å². The van der Waals surface area contributed by atoms with Gasteiger partial charge in [0.15, 0.2) is 0 Å². The quantitative estimate of drug-likeness (QED) is 0.835. The Morgan fingerprint density at radius 3 is 2.38 bits per heavy atom. The fourth-order valence-electron chi connectivity index (χ4n) is 3.10. The lowest BCUT2D eigenvalue weighted by atomic mass is 10.1. The van der Waals surface area contributed by atoms with Gasteiger partial charge < -0.3 is 10.6 Å². The fourth-order valence-corrected chi connectivity index (χ4v) is 4.62. The predicted octanol–water partition coefficient (Wildman–Crippen LogP) is 1.37. The topological polar surface area (TPSA) is 78.5 Å². The number of sulfonamides is 1. The number of carbonyl (C=O) groups is 1. The van der Waals surface area contributed by atoms with E-state index in [0.29, 0.717) is 18.7 Å². The molecular weight excluding hydrogens is 350 g/mol. The number of piperidine rings is 1. The molecule has 0 bridgehead atoms. The molecule has 6 nitrogen and oxygen atoms in total. The smallest absolute Gasteiger partial charge is 0.251 e. The lowest BCUT2D eigenvalue weighted by molar-refractivity contribution is 0.0930. The Bertz CT molecular complexity index is 652. The van der Waals surface area contributed by atoms with E-state index in [9.17, 15) is 13.2 Å². The van der Waals surface area contributed by atoms with Gasteiger partial charge in [-0.25, -0.2) is 8.42 Å². The second-order valence-corrected chi connectivity index (χ2v) is 8.09. The van der Waals surface area contributed by atoms with E-state index in [1.54, 1.807) is 12.1 Å². The average Bonchev–Trinajstić information content (AvgIpc) is 3.11. The van der Waals surface area contributed by atoms with E-state index in [-0.39, 0.29) is 29.3 Å². The highest BCUT2D eigenvalue weighted by Crippen LogP contribution is 2.21. The summed E-state index contributed by atoms with van der Waals surface area (Å²) < 4.78 is 26.4. The number of rotatable bonds is 4. The highest BCUT2D eigenvalue weighted by atomic mass is 35.5. The van der Waals surface area contributed by atoms with Crippen molar-refractivity contribution in [3.05, 3.63) is 29.8 Å². The van der Waals surface area contributed by atoms with Crippen LogP contribution in [0, 0.1) is 0 Å². The number of hydrogen-bond acceptors (Lipinski definition) is 4. The van der Waals surface area contributed by atoms with Crippen molar-refractivity contribution in [3.8, 4) is 0 Å². The first-order valence-corrected chi connectivity index (χ1v) is 9.63. The third-order valence-corrected chi connectivity index (χ3v) is 6.36. The summed E-state index contributed by atoms with van der Waals surface area (Å²) in [7, 11) is -3.42. The maximum absolute atomic E-state index is 12.4. The molecule has 1 aromatic carbocycles. The van der Waals surface area contributed by atoms with Crippen LogP contribution < -0.4 is 10.6 Å². The third kappa shape index (κ3) is 4.27. The minimum atomic E-state index is -3.42. The molecule has 1 atom stereocenters. The first kappa shape index (κ1) is 19.2. The molecule has 2 saturated heterocycles. The highest BCUT2D eigenvalue weighted by Gasteiger charge is 2.27. The number of amides is 1. The molecule has 8 heteroatoms. The molecule has 0 aromatic heterocycles. The van der Waals surface area contributed by atoms with Gasteiger partial charge in [-0.2, -0.15) is 4.31 Å². The number of hydrogen-bond donors (Lipinski definition) is 2.